The van der Waals surface area contributed by atoms with E-state index in [4.69, 9.17) is 9.90 Å². The van der Waals surface area contributed by atoms with Gasteiger partial charge in [-0.1, -0.05) is 0 Å². The lowest BCUT2D eigenvalue weighted by atomic mass is 10.1. The number of aryl methyl sites for hydroxylation is 1. The summed E-state index contributed by atoms with van der Waals surface area (Å²) in [5.41, 5.74) is 4.94. The molecule has 0 atom stereocenters. The molecule has 6 nitrogen and oxygen atoms in total. The zero-order chi connectivity index (χ0) is 17.7. The van der Waals surface area contributed by atoms with Crippen molar-refractivity contribution in [2.75, 3.05) is 5.32 Å². The zero-order valence-electron chi connectivity index (χ0n) is 12.9. The third-order valence-electron chi connectivity index (χ3n) is 3.11. The molecule has 0 spiro atoms. The number of nitrogens with one attached hydrogen (secondary N) is 1. The molecule has 0 radical (unpaired) electrons. The number of thiazole rings is 1. The summed E-state index contributed by atoms with van der Waals surface area (Å²) < 4.78 is 14.0. The van der Waals surface area contributed by atoms with Gasteiger partial charge >= 0.3 is 0 Å². The van der Waals surface area contributed by atoms with Crippen molar-refractivity contribution in [3.05, 3.63) is 40.5 Å². The number of pyridine rings is 1. The summed E-state index contributed by atoms with van der Waals surface area (Å²) >= 11 is 1.49. The van der Waals surface area contributed by atoms with Crippen LogP contribution in [0.25, 0.3) is 22.3 Å². The number of aromatic nitrogens is 2. The highest BCUT2D eigenvalue weighted by molar-refractivity contribution is 7.07. The van der Waals surface area contributed by atoms with Crippen LogP contribution in [-0.4, -0.2) is 27.5 Å². The molecule has 2 aromatic heterocycles. The van der Waals surface area contributed by atoms with Gasteiger partial charge < -0.3 is 10.4 Å². The van der Waals surface area contributed by atoms with Gasteiger partial charge in [0.1, 0.15) is 5.82 Å². The quantitative estimate of drug-likeness (QED) is 0.693. The largest absolute Gasteiger partial charge is 0.483 e. The Kier molecular flexibility index (Phi) is 5.54. The van der Waals surface area contributed by atoms with Crippen molar-refractivity contribution in [3.8, 4) is 11.4 Å². The lowest BCUT2D eigenvalue weighted by Crippen LogP contribution is -2.07. The maximum Gasteiger partial charge on any atom is 0.290 e. The zero-order valence-corrected chi connectivity index (χ0v) is 13.7. The van der Waals surface area contributed by atoms with Crippen molar-refractivity contribution in [1.82, 2.24) is 9.97 Å². The molecular formula is C16H14FN3O3S. The van der Waals surface area contributed by atoms with E-state index < -0.39 is 5.82 Å². The van der Waals surface area contributed by atoms with E-state index in [1.54, 1.807) is 11.6 Å². The summed E-state index contributed by atoms with van der Waals surface area (Å²) in [5, 5.41) is 12.0. The molecule has 0 aliphatic carbocycles. The first-order valence-electron chi connectivity index (χ1n) is 6.81. The predicted octanol–water partition coefficient (Wildman–Crippen LogP) is 3.47. The number of carbonyl (C=O) groups excluding carboxylic acids is 1. The maximum absolute atomic E-state index is 14.0. The molecule has 1 amide bonds. The van der Waals surface area contributed by atoms with Crippen molar-refractivity contribution in [1.29, 1.82) is 0 Å². The number of amides is 1. The van der Waals surface area contributed by atoms with Gasteiger partial charge in [0.25, 0.3) is 6.47 Å². The van der Waals surface area contributed by atoms with E-state index in [1.807, 2.05) is 18.4 Å². The predicted molar refractivity (Wildman–Crippen MR) is 90.5 cm³/mol. The molecule has 0 bridgehead atoms. The van der Waals surface area contributed by atoms with Gasteiger partial charge in [0.15, 0.2) is 0 Å². The third kappa shape index (κ3) is 3.90. The molecule has 0 fully saturated rings. The number of carboxylic acid groups (broad SMARTS) is 1. The average Bonchev–Trinajstić information content (AvgIpc) is 3.03. The van der Waals surface area contributed by atoms with Gasteiger partial charge in [-0.3, -0.25) is 9.59 Å². The molecule has 3 aromatic rings. The topological polar surface area (TPSA) is 92.2 Å². The number of rotatable bonds is 2. The molecule has 0 aliphatic heterocycles. The Balaban J connectivity index is 0.000000647. The van der Waals surface area contributed by atoms with Crippen molar-refractivity contribution in [2.45, 2.75) is 13.8 Å². The fourth-order valence-electron chi connectivity index (χ4n) is 2.17. The number of hydrogen-bond acceptors (Lipinski definition) is 5. The first-order chi connectivity index (χ1) is 11.5. The molecule has 0 saturated heterocycles. The van der Waals surface area contributed by atoms with Crippen LogP contribution in [0.3, 0.4) is 0 Å². The minimum atomic E-state index is -0.469. The van der Waals surface area contributed by atoms with E-state index >= 15 is 0 Å². The van der Waals surface area contributed by atoms with Gasteiger partial charge in [0.05, 0.1) is 28.1 Å². The summed E-state index contributed by atoms with van der Waals surface area (Å²) in [6.07, 6.45) is 0. The van der Waals surface area contributed by atoms with E-state index in [1.165, 1.54) is 24.3 Å². The van der Waals surface area contributed by atoms with E-state index in [0.717, 1.165) is 22.3 Å². The standard InChI is InChI=1S/C15H12FN3OS.CH2O2/c1-8-3-14(15-6-21-7-17-15)19-12-5-13(18-9(2)20)11(16)4-10(8)12;2-1-3/h3-7H,1-2H3,(H,18,20);1H,(H,2,3). The van der Waals surface area contributed by atoms with Gasteiger partial charge in [0, 0.05) is 17.7 Å². The fourth-order valence-corrected chi connectivity index (χ4v) is 2.72. The number of fused-ring (bicyclic) bond motifs is 1. The monoisotopic (exact) mass is 347 g/mol. The molecule has 124 valence electrons. The average molecular weight is 347 g/mol. The SMILES string of the molecule is CC(=O)Nc1cc2nc(-c3cscn3)cc(C)c2cc1F.O=CO. The van der Waals surface area contributed by atoms with E-state index in [0.29, 0.717) is 5.52 Å². The molecule has 0 aliphatic rings. The molecule has 24 heavy (non-hydrogen) atoms. The van der Waals surface area contributed by atoms with Crippen LogP contribution in [0.15, 0.2) is 29.1 Å². The lowest BCUT2D eigenvalue weighted by Gasteiger charge is -2.09. The highest BCUT2D eigenvalue weighted by Gasteiger charge is 2.11. The van der Waals surface area contributed by atoms with Crippen LogP contribution in [-0.2, 0) is 9.59 Å². The first-order valence-corrected chi connectivity index (χ1v) is 7.75. The fraction of sp³-hybridized carbons (Fsp3) is 0.125. The number of anilines is 1. The lowest BCUT2D eigenvalue weighted by molar-refractivity contribution is -0.123. The van der Waals surface area contributed by atoms with E-state index in [-0.39, 0.29) is 18.1 Å². The van der Waals surface area contributed by atoms with Crippen LogP contribution in [0.2, 0.25) is 0 Å². The maximum atomic E-state index is 14.0. The first kappa shape index (κ1) is 17.5. The Morgan fingerprint density at radius 1 is 1.33 bits per heavy atom. The minimum Gasteiger partial charge on any atom is -0.483 e. The summed E-state index contributed by atoms with van der Waals surface area (Å²) in [6.45, 7) is 2.99. The van der Waals surface area contributed by atoms with Crippen LogP contribution < -0.4 is 5.32 Å². The van der Waals surface area contributed by atoms with Gasteiger partial charge in [0.2, 0.25) is 5.91 Å². The normalized spacial score (nSPS) is 9.96. The van der Waals surface area contributed by atoms with E-state index in [9.17, 15) is 9.18 Å². The van der Waals surface area contributed by atoms with Crippen molar-refractivity contribution in [3.63, 3.8) is 0 Å². The van der Waals surface area contributed by atoms with Crippen LogP contribution in [0, 0.1) is 12.7 Å². The number of nitrogens with zero attached hydrogens (tertiary/aromatic N) is 2. The molecule has 0 saturated carbocycles. The smallest absolute Gasteiger partial charge is 0.290 e. The number of hydrogen-bond donors (Lipinski definition) is 2. The molecule has 0 unspecified atom stereocenters. The third-order valence-corrected chi connectivity index (χ3v) is 3.70. The molecule has 1 aromatic carbocycles. The van der Waals surface area contributed by atoms with Crippen LogP contribution in [0.4, 0.5) is 10.1 Å². The molecule has 8 heteroatoms. The Morgan fingerprint density at radius 3 is 2.62 bits per heavy atom. The molecule has 2 N–H and O–H groups in total. The molecule has 3 rings (SSSR count). The van der Waals surface area contributed by atoms with Crippen molar-refractivity contribution >= 4 is 40.3 Å². The van der Waals surface area contributed by atoms with Crippen LogP contribution in [0.1, 0.15) is 12.5 Å². The number of halogens is 1. The Morgan fingerprint density at radius 2 is 2.04 bits per heavy atom. The molecule has 2 heterocycles. The van der Waals surface area contributed by atoms with Gasteiger partial charge in [-0.25, -0.2) is 14.4 Å². The summed E-state index contributed by atoms with van der Waals surface area (Å²) in [7, 11) is 0. The second kappa shape index (κ2) is 7.60. The second-order valence-corrected chi connectivity index (χ2v) is 5.55. The number of benzene rings is 1. The van der Waals surface area contributed by atoms with Crippen molar-refractivity contribution in [2.24, 2.45) is 0 Å². The Hall–Kier alpha value is -2.87. The highest BCUT2D eigenvalue weighted by atomic mass is 32.1. The van der Waals surface area contributed by atoms with Crippen LogP contribution >= 0.6 is 11.3 Å². The van der Waals surface area contributed by atoms with Gasteiger partial charge in [-0.15, -0.1) is 11.3 Å². The van der Waals surface area contributed by atoms with Crippen molar-refractivity contribution < 1.29 is 19.1 Å². The summed E-state index contributed by atoms with van der Waals surface area (Å²) in [4.78, 5) is 28.2. The van der Waals surface area contributed by atoms with Gasteiger partial charge in [-0.05, 0) is 30.7 Å². The Labute approximate surface area is 141 Å². The van der Waals surface area contributed by atoms with Crippen LogP contribution in [0.5, 0.6) is 0 Å². The van der Waals surface area contributed by atoms with Gasteiger partial charge in [-0.2, -0.15) is 0 Å². The highest BCUT2D eigenvalue weighted by Crippen LogP contribution is 2.28. The minimum absolute atomic E-state index is 0.136. The summed E-state index contributed by atoms with van der Waals surface area (Å²) in [6, 6.07) is 4.83. The number of carbonyl (C=O) groups is 2. The summed E-state index contributed by atoms with van der Waals surface area (Å²) in [5.74, 6) is -0.787. The molecular weight excluding hydrogens is 333 g/mol. The Bertz CT molecular complexity index is 882. The van der Waals surface area contributed by atoms with E-state index in [2.05, 4.69) is 15.3 Å². The second-order valence-electron chi connectivity index (χ2n) is 4.83.